The van der Waals surface area contributed by atoms with Crippen LogP contribution in [0, 0.1) is 0 Å². The first-order valence-corrected chi connectivity index (χ1v) is 7.48. The van der Waals surface area contributed by atoms with E-state index in [4.69, 9.17) is 5.73 Å². The smallest absolute Gasteiger partial charge is 0.0210 e. The average molecular weight is 369 g/mol. The summed E-state index contributed by atoms with van der Waals surface area (Å²) in [6, 6.07) is 16.7. The maximum atomic E-state index is 5.92. The Morgan fingerprint density at radius 2 is 1.61 bits per heavy atom. The second-order valence-electron chi connectivity index (χ2n) is 4.28. The van der Waals surface area contributed by atoms with E-state index < -0.39 is 0 Å². The van der Waals surface area contributed by atoms with Gasteiger partial charge in [-0.15, -0.1) is 0 Å². The number of rotatable bonds is 4. The van der Waals surface area contributed by atoms with Crippen LogP contribution in [0.25, 0.3) is 0 Å². The van der Waals surface area contributed by atoms with Gasteiger partial charge in [0.2, 0.25) is 0 Å². The summed E-state index contributed by atoms with van der Waals surface area (Å²) in [5, 5.41) is 0. The van der Waals surface area contributed by atoms with Crippen LogP contribution >= 0.6 is 31.9 Å². The maximum absolute atomic E-state index is 5.92. The largest absolute Gasteiger partial charge is 0.330 e. The summed E-state index contributed by atoms with van der Waals surface area (Å²) in [4.78, 5) is 0. The molecule has 2 rings (SSSR count). The SMILES string of the molecule is NCC(Cc1ccc(Br)cc1)c1ccccc1Br. The zero-order chi connectivity index (χ0) is 13.0. The molecule has 2 aromatic rings. The summed E-state index contributed by atoms with van der Waals surface area (Å²) in [5.41, 5.74) is 8.51. The van der Waals surface area contributed by atoms with Crippen molar-refractivity contribution in [3.8, 4) is 0 Å². The number of hydrogen-bond acceptors (Lipinski definition) is 1. The van der Waals surface area contributed by atoms with Crippen molar-refractivity contribution in [3.63, 3.8) is 0 Å². The molecule has 0 bridgehead atoms. The van der Waals surface area contributed by atoms with Crippen molar-refractivity contribution in [2.45, 2.75) is 12.3 Å². The van der Waals surface area contributed by atoms with E-state index in [0.717, 1.165) is 15.4 Å². The van der Waals surface area contributed by atoms with Gasteiger partial charge in [0.05, 0.1) is 0 Å². The van der Waals surface area contributed by atoms with Gasteiger partial charge in [0.15, 0.2) is 0 Å². The van der Waals surface area contributed by atoms with Gasteiger partial charge in [-0.1, -0.05) is 62.2 Å². The molecule has 1 unspecified atom stereocenters. The fourth-order valence-electron chi connectivity index (χ4n) is 2.03. The van der Waals surface area contributed by atoms with Gasteiger partial charge >= 0.3 is 0 Å². The molecule has 94 valence electrons. The molecule has 2 aromatic carbocycles. The monoisotopic (exact) mass is 367 g/mol. The quantitative estimate of drug-likeness (QED) is 0.844. The Morgan fingerprint density at radius 1 is 0.944 bits per heavy atom. The predicted octanol–water partition coefficient (Wildman–Crippen LogP) is 4.50. The zero-order valence-corrected chi connectivity index (χ0v) is 13.1. The van der Waals surface area contributed by atoms with Crippen LogP contribution < -0.4 is 5.73 Å². The highest BCUT2D eigenvalue weighted by Gasteiger charge is 2.13. The first kappa shape index (κ1) is 13.8. The molecule has 2 N–H and O–H groups in total. The average Bonchev–Trinajstić information content (AvgIpc) is 2.39. The van der Waals surface area contributed by atoms with Gasteiger partial charge in [0, 0.05) is 14.9 Å². The van der Waals surface area contributed by atoms with Gasteiger partial charge < -0.3 is 5.73 Å². The van der Waals surface area contributed by atoms with Crippen molar-refractivity contribution in [3.05, 3.63) is 68.6 Å². The van der Waals surface area contributed by atoms with Crippen molar-refractivity contribution in [1.82, 2.24) is 0 Å². The van der Waals surface area contributed by atoms with Crippen LogP contribution in [-0.4, -0.2) is 6.54 Å². The molecular formula is C15H15Br2N. The van der Waals surface area contributed by atoms with E-state index in [0.29, 0.717) is 12.5 Å². The highest BCUT2D eigenvalue weighted by Crippen LogP contribution is 2.27. The number of benzene rings is 2. The molecule has 18 heavy (non-hydrogen) atoms. The second kappa shape index (κ2) is 6.50. The number of halogens is 2. The molecule has 0 radical (unpaired) electrons. The maximum Gasteiger partial charge on any atom is 0.0210 e. The Kier molecular flexibility index (Phi) is 4.98. The van der Waals surface area contributed by atoms with Crippen LogP contribution in [-0.2, 0) is 6.42 Å². The Labute approximate surface area is 125 Å². The molecule has 0 aromatic heterocycles. The van der Waals surface area contributed by atoms with E-state index >= 15 is 0 Å². The lowest BCUT2D eigenvalue weighted by Gasteiger charge is -2.17. The molecule has 0 heterocycles. The van der Waals surface area contributed by atoms with Crippen LogP contribution in [0.3, 0.4) is 0 Å². The minimum absolute atomic E-state index is 0.349. The molecule has 0 aliphatic heterocycles. The summed E-state index contributed by atoms with van der Waals surface area (Å²) < 4.78 is 2.24. The fourth-order valence-corrected chi connectivity index (χ4v) is 2.90. The zero-order valence-electron chi connectivity index (χ0n) is 9.94. The molecule has 0 fully saturated rings. The minimum Gasteiger partial charge on any atom is -0.330 e. The van der Waals surface area contributed by atoms with E-state index in [-0.39, 0.29) is 0 Å². The molecule has 0 amide bonds. The van der Waals surface area contributed by atoms with Crippen LogP contribution in [0.2, 0.25) is 0 Å². The fraction of sp³-hybridized carbons (Fsp3) is 0.200. The van der Waals surface area contributed by atoms with E-state index in [9.17, 15) is 0 Å². The molecular weight excluding hydrogens is 354 g/mol. The highest BCUT2D eigenvalue weighted by molar-refractivity contribution is 9.10. The normalized spacial score (nSPS) is 12.4. The molecule has 0 saturated heterocycles. The van der Waals surface area contributed by atoms with E-state index in [1.54, 1.807) is 0 Å². The highest BCUT2D eigenvalue weighted by atomic mass is 79.9. The van der Waals surface area contributed by atoms with Crippen LogP contribution in [0.4, 0.5) is 0 Å². The number of hydrogen-bond donors (Lipinski definition) is 1. The molecule has 3 heteroatoms. The molecule has 1 nitrogen and oxygen atoms in total. The molecule has 0 saturated carbocycles. The molecule has 1 atom stereocenters. The topological polar surface area (TPSA) is 26.0 Å². The third-order valence-corrected chi connectivity index (χ3v) is 4.28. The van der Waals surface area contributed by atoms with Crippen molar-refractivity contribution in [2.24, 2.45) is 5.73 Å². The van der Waals surface area contributed by atoms with Crippen molar-refractivity contribution in [1.29, 1.82) is 0 Å². The van der Waals surface area contributed by atoms with Crippen LogP contribution in [0.5, 0.6) is 0 Å². The van der Waals surface area contributed by atoms with E-state index in [1.165, 1.54) is 11.1 Å². The third kappa shape index (κ3) is 3.44. The predicted molar refractivity (Wildman–Crippen MR) is 83.8 cm³/mol. The lowest BCUT2D eigenvalue weighted by Crippen LogP contribution is -2.15. The summed E-state index contributed by atoms with van der Waals surface area (Å²) in [5.74, 6) is 0.349. The Morgan fingerprint density at radius 3 is 2.22 bits per heavy atom. The standard InChI is InChI=1S/C15H15Br2N/c16-13-7-5-11(6-8-13)9-12(10-18)14-3-1-2-4-15(14)17/h1-8,12H,9-10,18H2. The lowest BCUT2D eigenvalue weighted by molar-refractivity contribution is 0.691. The Balaban J connectivity index is 2.20. The number of nitrogens with two attached hydrogens (primary N) is 1. The second-order valence-corrected chi connectivity index (χ2v) is 6.05. The minimum atomic E-state index is 0.349. The Hall–Kier alpha value is -0.640. The van der Waals surface area contributed by atoms with Gasteiger partial charge in [-0.2, -0.15) is 0 Å². The van der Waals surface area contributed by atoms with Gasteiger partial charge in [0.1, 0.15) is 0 Å². The van der Waals surface area contributed by atoms with Crippen molar-refractivity contribution in [2.75, 3.05) is 6.54 Å². The van der Waals surface area contributed by atoms with Crippen molar-refractivity contribution < 1.29 is 0 Å². The van der Waals surface area contributed by atoms with Crippen molar-refractivity contribution >= 4 is 31.9 Å². The van der Waals surface area contributed by atoms with Gasteiger partial charge in [-0.3, -0.25) is 0 Å². The summed E-state index contributed by atoms with van der Waals surface area (Å²) >= 11 is 7.05. The first-order valence-electron chi connectivity index (χ1n) is 5.89. The van der Waals surface area contributed by atoms with Gasteiger partial charge in [-0.05, 0) is 42.3 Å². The van der Waals surface area contributed by atoms with Crippen LogP contribution in [0.15, 0.2) is 57.5 Å². The first-order chi connectivity index (χ1) is 8.70. The molecule has 0 aliphatic rings. The van der Waals surface area contributed by atoms with Crippen LogP contribution in [0.1, 0.15) is 17.0 Å². The summed E-state index contributed by atoms with van der Waals surface area (Å²) in [6.07, 6.45) is 0.965. The van der Waals surface area contributed by atoms with E-state index in [1.807, 2.05) is 6.07 Å². The Bertz CT molecular complexity index is 508. The summed E-state index contributed by atoms with van der Waals surface area (Å²) in [7, 11) is 0. The molecule has 0 aliphatic carbocycles. The van der Waals surface area contributed by atoms with Gasteiger partial charge in [-0.25, -0.2) is 0 Å². The third-order valence-electron chi connectivity index (χ3n) is 3.02. The molecule has 0 spiro atoms. The van der Waals surface area contributed by atoms with E-state index in [2.05, 4.69) is 74.3 Å². The van der Waals surface area contributed by atoms with Gasteiger partial charge in [0.25, 0.3) is 0 Å². The summed E-state index contributed by atoms with van der Waals surface area (Å²) in [6.45, 7) is 0.651. The lowest BCUT2D eigenvalue weighted by atomic mass is 9.92.